The predicted octanol–water partition coefficient (Wildman–Crippen LogP) is 1.50. The van der Waals surface area contributed by atoms with Crippen LogP contribution in [0.1, 0.15) is 46.0 Å². The Balaban J connectivity index is 1.68. The van der Waals surface area contributed by atoms with Gasteiger partial charge in [-0.05, 0) is 63.7 Å². The molecule has 0 aromatic rings. The van der Waals surface area contributed by atoms with Crippen molar-refractivity contribution in [2.75, 3.05) is 47.0 Å². The number of amides is 1. The number of likely N-dealkylation sites (tertiary alicyclic amines) is 2. The highest BCUT2D eigenvalue weighted by Gasteiger charge is 2.46. The summed E-state index contributed by atoms with van der Waals surface area (Å²) in [5.74, 6) is 0.157. The van der Waals surface area contributed by atoms with Gasteiger partial charge in [-0.15, -0.1) is 0 Å². The van der Waals surface area contributed by atoms with Crippen LogP contribution in [0.5, 0.6) is 0 Å². The van der Waals surface area contributed by atoms with Crippen LogP contribution in [0.3, 0.4) is 0 Å². The van der Waals surface area contributed by atoms with Crippen LogP contribution in [0.25, 0.3) is 0 Å². The minimum absolute atomic E-state index is 0.219. The SMILES string of the molecule is CCOC(=O)C1CC(N(C)S(=O)O)CN1CC1CCC2CN(C(=O)OC)C(C(=O)OCC)CC2C1. The Labute approximate surface area is 209 Å². The molecule has 0 bridgehead atoms. The van der Waals surface area contributed by atoms with E-state index in [-0.39, 0.29) is 37.1 Å². The number of ether oxygens (including phenoxy) is 3. The fourth-order valence-corrected chi connectivity index (χ4v) is 6.39. The van der Waals surface area contributed by atoms with E-state index in [0.29, 0.717) is 38.4 Å². The molecule has 3 aliphatic rings. The van der Waals surface area contributed by atoms with Crippen LogP contribution >= 0.6 is 0 Å². The maximum absolute atomic E-state index is 12.6. The van der Waals surface area contributed by atoms with Crippen molar-refractivity contribution in [2.45, 2.75) is 64.1 Å². The molecule has 12 heteroatoms. The fraction of sp³-hybridized carbons (Fsp3) is 0.870. The third kappa shape index (κ3) is 6.52. The molecular formula is C23H39N3O8S. The van der Waals surface area contributed by atoms with E-state index in [9.17, 15) is 23.1 Å². The van der Waals surface area contributed by atoms with Crippen molar-refractivity contribution in [1.29, 1.82) is 0 Å². The summed E-state index contributed by atoms with van der Waals surface area (Å²) in [7, 11) is 2.91. The van der Waals surface area contributed by atoms with E-state index in [1.807, 2.05) is 0 Å². The van der Waals surface area contributed by atoms with E-state index >= 15 is 0 Å². The van der Waals surface area contributed by atoms with Crippen LogP contribution in [0, 0.1) is 17.8 Å². The number of esters is 2. The summed E-state index contributed by atoms with van der Waals surface area (Å²) in [6.45, 7) is 5.71. The van der Waals surface area contributed by atoms with Crippen LogP contribution < -0.4 is 0 Å². The molecule has 0 aromatic heterocycles. The van der Waals surface area contributed by atoms with Crippen LogP contribution in [0.2, 0.25) is 0 Å². The second kappa shape index (κ2) is 12.5. The lowest BCUT2D eigenvalue weighted by atomic mass is 9.69. The Bertz CT molecular complexity index is 799. The molecule has 200 valence electrons. The minimum Gasteiger partial charge on any atom is -0.465 e. The third-order valence-corrected chi connectivity index (χ3v) is 8.53. The number of piperidine rings is 1. The van der Waals surface area contributed by atoms with Crippen molar-refractivity contribution in [3.63, 3.8) is 0 Å². The van der Waals surface area contributed by atoms with Gasteiger partial charge in [-0.25, -0.2) is 13.8 Å². The number of fused-ring (bicyclic) bond motifs is 1. The van der Waals surface area contributed by atoms with Gasteiger partial charge in [-0.2, -0.15) is 4.31 Å². The molecule has 1 N–H and O–H groups in total. The van der Waals surface area contributed by atoms with E-state index < -0.39 is 35.4 Å². The minimum atomic E-state index is -2.11. The first-order valence-electron chi connectivity index (χ1n) is 12.5. The highest BCUT2D eigenvalue weighted by Crippen LogP contribution is 2.42. The number of likely N-dealkylation sites (N-methyl/N-ethyl adjacent to an activating group) is 1. The summed E-state index contributed by atoms with van der Waals surface area (Å²) in [6, 6.07) is -1.32. The first-order chi connectivity index (χ1) is 16.7. The average Bonchev–Trinajstić information content (AvgIpc) is 3.26. The molecule has 2 heterocycles. The summed E-state index contributed by atoms with van der Waals surface area (Å²) in [5.41, 5.74) is 0. The van der Waals surface area contributed by atoms with Gasteiger partial charge in [0.25, 0.3) is 0 Å². The highest BCUT2D eigenvalue weighted by atomic mass is 32.2. The second-order valence-electron chi connectivity index (χ2n) is 9.71. The van der Waals surface area contributed by atoms with Gasteiger partial charge in [-0.3, -0.25) is 19.1 Å². The topological polar surface area (TPSA) is 126 Å². The van der Waals surface area contributed by atoms with Crippen molar-refractivity contribution in [3.05, 3.63) is 0 Å². The Morgan fingerprint density at radius 2 is 1.63 bits per heavy atom. The van der Waals surface area contributed by atoms with Gasteiger partial charge < -0.3 is 14.2 Å². The van der Waals surface area contributed by atoms with Crippen LogP contribution in [-0.4, -0.2) is 106 Å². The lowest BCUT2D eigenvalue weighted by Crippen LogP contribution is -2.55. The van der Waals surface area contributed by atoms with E-state index in [1.165, 1.54) is 16.3 Å². The molecule has 11 nitrogen and oxygen atoms in total. The van der Waals surface area contributed by atoms with Gasteiger partial charge in [0.15, 0.2) is 0 Å². The number of hydrogen-bond acceptors (Lipinski definition) is 8. The summed E-state index contributed by atoms with van der Waals surface area (Å²) < 4.78 is 38.0. The molecule has 2 saturated heterocycles. The molecule has 1 aliphatic carbocycles. The van der Waals surface area contributed by atoms with Gasteiger partial charge in [0.1, 0.15) is 12.1 Å². The largest absolute Gasteiger partial charge is 0.465 e. The zero-order valence-corrected chi connectivity index (χ0v) is 21.9. The third-order valence-electron chi connectivity index (χ3n) is 7.74. The van der Waals surface area contributed by atoms with E-state index in [0.717, 1.165) is 19.3 Å². The zero-order chi connectivity index (χ0) is 25.7. The lowest BCUT2D eigenvalue weighted by molar-refractivity contribution is -0.153. The second-order valence-corrected chi connectivity index (χ2v) is 10.8. The molecule has 0 radical (unpaired) electrons. The molecule has 1 amide bonds. The smallest absolute Gasteiger partial charge is 0.410 e. The number of rotatable bonds is 8. The van der Waals surface area contributed by atoms with E-state index in [4.69, 9.17) is 14.2 Å². The monoisotopic (exact) mass is 517 g/mol. The quantitative estimate of drug-likeness (QED) is 0.290. The van der Waals surface area contributed by atoms with Crippen molar-refractivity contribution >= 4 is 29.3 Å². The summed E-state index contributed by atoms with van der Waals surface area (Å²) in [4.78, 5) is 41.2. The van der Waals surface area contributed by atoms with Crippen molar-refractivity contribution in [1.82, 2.24) is 14.1 Å². The van der Waals surface area contributed by atoms with Gasteiger partial charge in [0, 0.05) is 32.7 Å². The summed E-state index contributed by atoms with van der Waals surface area (Å²) in [6.07, 6.45) is 3.21. The molecule has 0 aromatic carbocycles. The van der Waals surface area contributed by atoms with Crippen LogP contribution in [-0.2, 0) is 35.1 Å². The van der Waals surface area contributed by atoms with Crippen LogP contribution in [0.15, 0.2) is 0 Å². The van der Waals surface area contributed by atoms with Crippen molar-refractivity contribution < 1.29 is 37.4 Å². The Kier molecular flexibility index (Phi) is 9.91. The van der Waals surface area contributed by atoms with Gasteiger partial charge in [0.2, 0.25) is 11.3 Å². The van der Waals surface area contributed by atoms with E-state index in [2.05, 4.69) is 4.90 Å². The van der Waals surface area contributed by atoms with Crippen molar-refractivity contribution in [3.8, 4) is 0 Å². The van der Waals surface area contributed by atoms with Gasteiger partial charge >= 0.3 is 18.0 Å². The first kappa shape index (κ1) is 27.8. The highest BCUT2D eigenvalue weighted by molar-refractivity contribution is 7.76. The van der Waals surface area contributed by atoms with Gasteiger partial charge in [0.05, 0.1) is 20.3 Å². The Hall–Kier alpha value is -1.76. The normalized spacial score (nSPS) is 32.1. The maximum Gasteiger partial charge on any atom is 0.410 e. The number of hydrogen-bond donors (Lipinski definition) is 1. The predicted molar refractivity (Wildman–Crippen MR) is 127 cm³/mol. The molecule has 7 atom stereocenters. The standard InChI is InChI=1S/C23H39N3O8S/c1-5-33-21(27)19-11-18(24(3)35(30)31)14-25(19)12-15-7-8-16-13-26(23(29)32-4)20(10-17(16)9-15)22(28)34-6-2/h15-20H,5-14H2,1-4H3,(H,30,31). The lowest BCUT2D eigenvalue weighted by Gasteiger charge is -2.46. The molecule has 2 aliphatic heterocycles. The zero-order valence-electron chi connectivity index (χ0n) is 21.1. The number of carbonyl (C=O) groups excluding carboxylic acids is 3. The molecule has 7 unspecified atom stereocenters. The van der Waals surface area contributed by atoms with E-state index in [1.54, 1.807) is 20.9 Å². The first-order valence-corrected chi connectivity index (χ1v) is 13.5. The molecule has 0 spiro atoms. The van der Waals surface area contributed by atoms with Crippen molar-refractivity contribution in [2.24, 2.45) is 17.8 Å². The summed E-state index contributed by atoms with van der Waals surface area (Å²) >= 11 is -2.11. The average molecular weight is 518 g/mol. The van der Waals surface area contributed by atoms with Crippen LogP contribution in [0.4, 0.5) is 4.79 Å². The van der Waals surface area contributed by atoms with Gasteiger partial charge in [-0.1, -0.05) is 0 Å². The number of nitrogens with zero attached hydrogens (tertiary/aromatic N) is 3. The molecule has 1 saturated carbocycles. The summed E-state index contributed by atoms with van der Waals surface area (Å²) in [5, 5.41) is 0. The molecule has 35 heavy (non-hydrogen) atoms. The Morgan fingerprint density at radius 1 is 0.971 bits per heavy atom. The number of methoxy groups -OCH3 is 1. The maximum atomic E-state index is 12.6. The molecule has 3 rings (SSSR count). The number of carbonyl (C=O) groups is 3. The molecule has 3 fully saturated rings. The molecular weight excluding hydrogens is 478 g/mol. The fourth-order valence-electron chi connectivity index (χ4n) is 5.98. The Morgan fingerprint density at radius 3 is 2.23 bits per heavy atom.